The van der Waals surface area contributed by atoms with E-state index in [1.165, 1.54) is 4.88 Å². The molecule has 1 N–H and O–H groups in total. The Morgan fingerprint density at radius 1 is 1.17 bits per heavy atom. The maximum atomic E-state index is 12.4. The quantitative estimate of drug-likeness (QED) is 0.333. The Labute approximate surface area is 196 Å². The molecule has 164 valence electrons. The van der Waals surface area contributed by atoms with E-state index in [9.17, 15) is 4.79 Å². The normalized spacial score (nSPS) is 19.2. The van der Waals surface area contributed by atoms with Gasteiger partial charge in [0.05, 0.1) is 6.54 Å². The summed E-state index contributed by atoms with van der Waals surface area (Å²) in [4.78, 5) is 25.4. The molecule has 1 amide bonds. The topological polar surface area (TPSA) is 51.2 Å². The number of nitrogens with zero attached hydrogens (tertiary/aromatic N) is 4. The van der Waals surface area contributed by atoms with E-state index in [4.69, 9.17) is 4.99 Å². The number of likely N-dealkylation sites (tertiary alicyclic amines) is 1. The van der Waals surface area contributed by atoms with E-state index < -0.39 is 0 Å². The third-order valence-corrected chi connectivity index (χ3v) is 6.41. The van der Waals surface area contributed by atoms with E-state index in [-0.39, 0.29) is 24.0 Å². The first kappa shape index (κ1) is 24.4. The highest BCUT2D eigenvalue weighted by Gasteiger charge is 2.24. The number of aliphatic imine (C=N–C) groups is 1. The van der Waals surface area contributed by atoms with Crippen LogP contribution in [0.5, 0.6) is 0 Å². The van der Waals surface area contributed by atoms with Gasteiger partial charge < -0.3 is 15.1 Å². The molecule has 3 rings (SSSR count). The number of piperazine rings is 1. The number of hydrogen-bond acceptors (Lipinski definition) is 4. The van der Waals surface area contributed by atoms with Crippen molar-refractivity contribution in [3.05, 3.63) is 22.4 Å². The second-order valence-electron chi connectivity index (χ2n) is 7.93. The number of guanidine groups is 1. The van der Waals surface area contributed by atoms with Crippen molar-refractivity contribution in [3.8, 4) is 0 Å². The van der Waals surface area contributed by atoms with Crippen LogP contribution in [-0.4, -0.2) is 85.5 Å². The van der Waals surface area contributed by atoms with E-state index in [1.807, 2.05) is 16.2 Å². The van der Waals surface area contributed by atoms with Crippen molar-refractivity contribution in [1.82, 2.24) is 20.0 Å². The standard InChI is InChI=1S/C21H35N5OS.HI/c1-3-22-21(23-16-18(2)15-19-7-6-14-28-19)26-12-10-24(11-13-26)17-20(27)25-8-4-5-9-25;/h6-7,14,18H,3-5,8-13,15-17H2,1-2H3,(H,22,23);1H. The minimum absolute atomic E-state index is 0. The van der Waals surface area contributed by atoms with Crippen molar-refractivity contribution in [2.75, 3.05) is 58.9 Å². The summed E-state index contributed by atoms with van der Waals surface area (Å²) in [7, 11) is 0. The fourth-order valence-corrected chi connectivity index (χ4v) is 4.75. The summed E-state index contributed by atoms with van der Waals surface area (Å²) < 4.78 is 0. The van der Waals surface area contributed by atoms with Crippen LogP contribution in [0.2, 0.25) is 0 Å². The fraction of sp³-hybridized carbons (Fsp3) is 0.714. The van der Waals surface area contributed by atoms with Gasteiger partial charge in [-0.2, -0.15) is 0 Å². The summed E-state index contributed by atoms with van der Waals surface area (Å²) in [6.07, 6.45) is 3.41. The number of rotatable bonds is 7. The zero-order chi connectivity index (χ0) is 19.8. The summed E-state index contributed by atoms with van der Waals surface area (Å²) in [6, 6.07) is 4.33. The number of carbonyl (C=O) groups is 1. The number of amides is 1. The number of nitrogens with one attached hydrogen (secondary N) is 1. The number of carbonyl (C=O) groups excluding carboxylic acids is 1. The van der Waals surface area contributed by atoms with Gasteiger partial charge in [-0.25, -0.2) is 0 Å². The molecular formula is C21H36IN5OS. The molecule has 0 aromatic carbocycles. The van der Waals surface area contributed by atoms with Gasteiger partial charge in [-0.15, -0.1) is 35.3 Å². The predicted molar refractivity (Wildman–Crippen MR) is 132 cm³/mol. The molecule has 1 unspecified atom stereocenters. The largest absolute Gasteiger partial charge is 0.357 e. The van der Waals surface area contributed by atoms with Crippen molar-refractivity contribution in [3.63, 3.8) is 0 Å². The highest BCUT2D eigenvalue weighted by molar-refractivity contribution is 14.0. The number of hydrogen-bond donors (Lipinski definition) is 1. The zero-order valence-electron chi connectivity index (χ0n) is 17.8. The van der Waals surface area contributed by atoms with E-state index in [0.29, 0.717) is 18.4 Å². The Kier molecular flexibility index (Phi) is 10.7. The van der Waals surface area contributed by atoms with Gasteiger partial charge in [0, 0.05) is 57.2 Å². The molecule has 0 saturated carbocycles. The second-order valence-corrected chi connectivity index (χ2v) is 8.97. The summed E-state index contributed by atoms with van der Waals surface area (Å²) in [5.41, 5.74) is 0. The molecule has 2 aliphatic heterocycles. The van der Waals surface area contributed by atoms with Crippen molar-refractivity contribution in [1.29, 1.82) is 0 Å². The van der Waals surface area contributed by atoms with Gasteiger partial charge in [0.2, 0.25) is 5.91 Å². The Balaban J connectivity index is 0.00000300. The minimum atomic E-state index is 0. The van der Waals surface area contributed by atoms with Crippen LogP contribution in [0.15, 0.2) is 22.5 Å². The van der Waals surface area contributed by atoms with Crippen LogP contribution in [-0.2, 0) is 11.2 Å². The lowest BCUT2D eigenvalue weighted by Crippen LogP contribution is -2.54. The van der Waals surface area contributed by atoms with E-state index in [0.717, 1.165) is 77.6 Å². The Morgan fingerprint density at radius 3 is 2.52 bits per heavy atom. The average molecular weight is 534 g/mol. The predicted octanol–water partition coefficient (Wildman–Crippen LogP) is 2.75. The Morgan fingerprint density at radius 2 is 1.90 bits per heavy atom. The lowest BCUT2D eigenvalue weighted by atomic mass is 10.1. The van der Waals surface area contributed by atoms with E-state index >= 15 is 0 Å². The lowest BCUT2D eigenvalue weighted by Gasteiger charge is -2.36. The van der Waals surface area contributed by atoms with Gasteiger partial charge in [-0.05, 0) is 43.6 Å². The third-order valence-electron chi connectivity index (χ3n) is 5.51. The lowest BCUT2D eigenvalue weighted by molar-refractivity contribution is -0.131. The molecule has 3 heterocycles. The Hall–Kier alpha value is -0.870. The SMILES string of the molecule is CCNC(=NCC(C)Cc1cccs1)N1CCN(CC(=O)N2CCCC2)CC1.I. The van der Waals surface area contributed by atoms with Crippen molar-refractivity contribution in [2.45, 2.75) is 33.1 Å². The van der Waals surface area contributed by atoms with Crippen LogP contribution in [0, 0.1) is 5.92 Å². The highest BCUT2D eigenvalue weighted by Crippen LogP contribution is 2.15. The average Bonchev–Trinajstić information content (AvgIpc) is 3.40. The molecule has 29 heavy (non-hydrogen) atoms. The van der Waals surface area contributed by atoms with Gasteiger partial charge in [-0.1, -0.05) is 13.0 Å². The van der Waals surface area contributed by atoms with Gasteiger partial charge in [0.1, 0.15) is 0 Å². The van der Waals surface area contributed by atoms with E-state index in [1.54, 1.807) is 0 Å². The molecule has 1 aromatic rings. The highest BCUT2D eigenvalue weighted by atomic mass is 127. The maximum Gasteiger partial charge on any atom is 0.236 e. The summed E-state index contributed by atoms with van der Waals surface area (Å²) in [5.74, 6) is 1.85. The van der Waals surface area contributed by atoms with Crippen molar-refractivity contribution in [2.24, 2.45) is 10.9 Å². The molecule has 1 aromatic heterocycles. The first-order valence-electron chi connectivity index (χ1n) is 10.7. The molecule has 0 radical (unpaired) electrons. The summed E-state index contributed by atoms with van der Waals surface area (Å²) in [5, 5.41) is 5.59. The van der Waals surface area contributed by atoms with E-state index in [2.05, 4.69) is 46.5 Å². The molecule has 8 heteroatoms. The second kappa shape index (κ2) is 12.7. The van der Waals surface area contributed by atoms with Crippen LogP contribution in [0.3, 0.4) is 0 Å². The zero-order valence-corrected chi connectivity index (χ0v) is 21.0. The fourth-order valence-electron chi connectivity index (χ4n) is 3.88. The molecular weight excluding hydrogens is 497 g/mol. The first-order chi connectivity index (χ1) is 13.7. The minimum Gasteiger partial charge on any atom is -0.357 e. The van der Waals surface area contributed by atoms with Crippen LogP contribution >= 0.6 is 35.3 Å². The number of halogens is 1. The van der Waals surface area contributed by atoms with Crippen LogP contribution < -0.4 is 5.32 Å². The number of thiophene rings is 1. The Bertz CT molecular complexity index is 625. The molecule has 0 aliphatic carbocycles. The van der Waals surface area contributed by atoms with Gasteiger partial charge in [0.25, 0.3) is 0 Å². The molecule has 2 aliphatic rings. The van der Waals surface area contributed by atoms with Crippen molar-refractivity contribution < 1.29 is 4.79 Å². The van der Waals surface area contributed by atoms with Crippen LogP contribution in [0.25, 0.3) is 0 Å². The third kappa shape index (κ3) is 7.71. The maximum absolute atomic E-state index is 12.4. The molecule has 2 fully saturated rings. The van der Waals surface area contributed by atoms with Gasteiger partial charge >= 0.3 is 0 Å². The van der Waals surface area contributed by atoms with Crippen LogP contribution in [0.1, 0.15) is 31.6 Å². The summed E-state index contributed by atoms with van der Waals surface area (Å²) in [6.45, 7) is 12.3. The molecule has 1 atom stereocenters. The molecule has 2 saturated heterocycles. The summed E-state index contributed by atoms with van der Waals surface area (Å²) >= 11 is 1.83. The molecule has 0 spiro atoms. The smallest absolute Gasteiger partial charge is 0.236 e. The molecule has 6 nitrogen and oxygen atoms in total. The van der Waals surface area contributed by atoms with Crippen LogP contribution in [0.4, 0.5) is 0 Å². The molecule has 0 bridgehead atoms. The van der Waals surface area contributed by atoms with Crippen molar-refractivity contribution >= 4 is 47.2 Å². The monoisotopic (exact) mass is 533 g/mol. The van der Waals surface area contributed by atoms with Gasteiger partial charge in [0.15, 0.2) is 5.96 Å². The van der Waals surface area contributed by atoms with Gasteiger partial charge in [-0.3, -0.25) is 14.7 Å². The first-order valence-corrected chi connectivity index (χ1v) is 11.6.